The predicted molar refractivity (Wildman–Crippen MR) is 115 cm³/mol. The summed E-state index contributed by atoms with van der Waals surface area (Å²) in [5.74, 6) is 0.546. The Bertz CT molecular complexity index is 1180. The number of rotatable bonds is 5. The van der Waals surface area contributed by atoms with Crippen molar-refractivity contribution in [2.75, 3.05) is 5.32 Å². The first-order valence-electron chi connectivity index (χ1n) is 8.89. The molecule has 0 radical (unpaired) electrons. The van der Waals surface area contributed by atoms with Gasteiger partial charge in [-0.25, -0.2) is 4.98 Å². The van der Waals surface area contributed by atoms with E-state index in [-0.39, 0.29) is 10.9 Å². The van der Waals surface area contributed by atoms with Gasteiger partial charge in [0.2, 0.25) is 5.89 Å². The molecule has 0 fully saturated rings. The molecule has 29 heavy (non-hydrogen) atoms. The summed E-state index contributed by atoms with van der Waals surface area (Å²) in [4.78, 5) is 17.0. The van der Waals surface area contributed by atoms with Gasteiger partial charge in [-0.15, -0.1) is 0 Å². The zero-order valence-electron chi connectivity index (χ0n) is 15.4. The monoisotopic (exact) mass is 426 g/mol. The van der Waals surface area contributed by atoms with Crippen LogP contribution in [0, 0.1) is 0 Å². The Morgan fingerprint density at radius 2 is 1.86 bits per heavy atom. The third-order valence-electron chi connectivity index (χ3n) is 4.26. The van der Waals surface area contributed by atoms with E-state index in [1.807, 2.05) is 30.3 Å². The Labute approximate surface area is 177 Å². The fraction of sp³-hybridized carbons (Fsp3) is 0.0909. The van der Waals surface area contributed by atoms with Crippen molar-refractivity contribution in [3.63, 3.8) is 0 Å². The van der Waals surface area contributed by atoms with Crippen LogP contribution in [0.5, 0.6) is 5.75 Å². The van der Waals surface area contributed by atoms with Crippen LogP contribution in [0.4, 0.5) is 5.69 Å². The zero-order valence-corrected chi connectivity index (χ0v) is 16.9. The zero-order chi connectivity index (χ0) is 20.4. The Balaban J connectivity index is 1.49. The lowest BCUT2D eigenvalue weighted by molar-refractivity contribution is -0.122. The summed E-state index contributed by atoms with van der Waals surface area (Å²) in [6, 6.07) is 19.9. The van der Waals surface area contributed by atoms with Crippen LogP contribution in [0.2, 0.25) is 10.0 Å². The van der Waals surface area contributed by atoms with E-state index in [9.17, 15) is 4.79 Å². The van der Waals surface area contributed by atoms with Crippen LogP contribution in [0.1, 0.15) is 6.92 Å². The Hall–Kier alpha value is -3.02. The van der Waals surface area contributed by atoms with Crippen molar-refractivity contribution >= 4 is 45.9 Å². The van der Waals surface area contributed by atoms with Crippen LogP contribution in [0.25, 0.3) is 22.6 Å². The van der Waals surface area contributed by atoms with Gasteiger partial charge in [-0.05, 0) is 49.4 Å². The molecule has 0 unspecified atom stereocenters. The summed E-state index contributed by atoms with van der Waals surface area (Å²) in [7, 11) is 0. The summed E-state index contributed by atoms with van der Waals surface area (Å²) in [5, 5.41) is 3.45. The van der Waals surface area contributed by atoms with Crippen LogP contribution in [0.15, 0.2) is 71.1 Å². The smallest absolute Gasteiger partial charge is 0.265 e. The van der Waals surface area contributed by atoms with Crippen molar-refractivity contribution < 1.29 is 13.9 Å². The van der Waals surface area contributed by atoms with Crippen LogP contribution < -0.4 is 10.1 Å². The maximum Gasteiger partial charge on any atom is 0.265 e. The van der Waals surface area contributed by atoms with Crippen LogP contribution >= 0.6 is 23.2 Å². The number of halogens is 2. The van der Waals surface area contributed by atoms with Gasteiger partial charge in [0.05, 0.1) is 5.02 Å². The van der Waals surface area contributed by atoms with Gasteiger partial charge in [-0.1, -0.05) is 47.5 Å². The van der Waals surface area contributed by atoms with Gasteiger partial charge in [0, 0.05) is 11.3 Å². The van der Waals surface area contributed by atoms with E-state index in [4.69, 9.17) is 32.4 Å². The van der Waals surface area contributed by atoms with Crippen molar-refractivity contribution in [2.45, 2.75) is 13.0 Å². The minimum Gasteiger partial charge on any atom is -0.479 e. The lowest BCUT2D eigenvalue weighted by Crippen LogP contribution is -2.30. The van der Waals surface area contributed by atoms with Crippen molar-refractivity contribution in [1.29, 1.82) is 0 Å². The van der Waals surface area contributed by atoms with Gasteiger partial charge in [0.15, 0.2) is 11.7 Å². The van der Waals surface area contributed by atoms with Gasteiger partial charge in [-0.2, -0.15) is 0 Å². The molecule has 146 valence electrons. The second kappa shape index (κ2) is 8.15. The summed E-state index contributed by atoms with van der Waals surface area (Å²) in [5.41, 5.74) is 2.75. The fourth-order valence-electron chi connectivity index (χ4n) is 2.77. The molecule has 1 heterocycles. The molecule has 1 atom stereocenters. The fourth-order valence-corrected chi connectivity index (χ4v) is 3.11. The number of benzene rings is 3. The molecule has 7 heteroatoms. The molecular weight excluding hydrogens is 411 g/mol. The van der Waals surface area contributed by atoms with E-state index < -0.39 is 6.10 Å². The molecule has 0 aliphatic carbocycles. The van der Waals surface area contributed by atoms with E-state index >= 15 is 0 Å². The van der Waals surface area contributed by atoms with E-state index in [0.717, 1.165) is 5.56 Å². The third kappa shape index (κ3) is 4.21. The molecule has 0 spiro atoms. The number of oxazole rings is 1. The molecule has 0 saturated carbocycles. The first-order chi connectivity index (χ1) is 14.0. The maximum atomic E-state index is 12.5. The number of anilines is 1. The van der Waals surface area contributed by atoms with Crippen molar-refractivity contribution in [3.05, 3.63) is 76.8 Å². The average molecular weight is 427 g/mol. The predicted octanol–water partition coefficient (Wildman–Crippen LogP) is 6.21. The summed E-state index contributed by atoms with van der Waals surface area (Å²) < 4.78 is 11.4. The van der Waals surface area contributed by atoms with Crippen LogP contribution in [-0.4, -0.2) is 17.0 Å². The van der Waals surface area contributed by atoms with Gasteiger partial charge in [-0.3, -0.25) is 4.79 Å². The average Bonchev–Trinajstić information content (AvgIpc) is 3.15. The van der Waals surface area contributed by atoms with E-state index in [1.165, 1.54) is 0 Å². The number of carbonyl (C=O) groups excluding carboxylic acids is 1. The Morgan fingerprint density at radius 3 is 2.66 bits per heavy atom. The molecule has 4 rings (SSSR count). The number of carbonyl (C=O) groups is 1. The summed E-state index contributed by atoms with van der Waals surface area (Å²) in [6.07, 6.45) is -0.779. The van der Waals surface area contributed by atoms with E-state index in [1.54, 1.807) is 43.3 Å². The first-order valence-corrected chi connectivity index (χ1v) is 9.64. The number of hydrogen-bond acceptors (Lipinski definition) is 4. The lowest BCUT2D eigenvalue weighted by atomic mass is 10.2. The highest BCUT2D eigenvalue weighted by Crippen LogP contribution is 2.32. The molecule has 0 aliphatic rings. The highest BCUT2D eigenvalue weighted by molar-refractivity contribution is 6.42. The molecule has 3 aromatic carbocycles. The highest BCUT2D eigenvalue weighted by atomic mass is 35.5. The van der Waals surface area contributed by atoms with Gasteiger partial charge >= 0.3 is 0 Å². The van der Waals surface area contributed by atoms with Crippen LogP contribution in [-0.2, 0) is 4.79 Å². The normalized spacial score (nSPS) is 12.0. The topological polar surface area (TPSA) is 64.4 Å². The lowest BCUT2D eigenvalue weighted by Gasteiger charge is -2.16. The maximum absolute atomic E-state index is 12.5. The quantitative estimate of drug-likeness (QED) is 0.412. The Kier molecular flexibility index (Phi) is 5.43. The Morgan fingerprint density at radius 1 is 1.07 bits per heavy atom. The number of amides is 1. The number of ether oxygens (including phenoxy) is 1. The van der Waals surface area contributed by atoms with Crippen molar-refractivity contribution in [2.24, 2.45) is 0 Å². The van der Waals surface area contributed by atoms with E-state index in [2.05, 4.69) is 10.3 Å². The molecule has 4 aromatic rings. The van der Waals surface area contributed by atoms with Gasteiger partial charge in [0.1, 0.15) is 16.3 Å². The number of nitrogens with one attached hydrogen (secondary N) is 1. The number of fused-ring (bicyclic) bond motifs is 1. The summed E-state index contributed by atoms with van der Waals surface area (Å²) >= 11 is 12.1. The molecule has 1 aromatic heterocycles. The SMILES string of the molecule is C[C@@H](Oc1cccc(Cl)c1Cl)C(=O)Nc1ccc2oc(-c3ccccc3)nc2c1. The minimum absolute atomic E-state index is 0.270. The molecular formula is C22H16Cl2N2O3. The molecule has 1 N–H and O–H groups in total. The largest absolute Gasteiger partial charge is 0.479 e. The molecule has 1 amide bonds. The molecule has 5 nitrogen and oxygen atoms in total. The highest BCUT2D eigenvalue weighted by Gasteiger charge is 2.18. The van der Waals surface area contributed by atoms with Gasteiger partial charge in [0.25, 0.3) is 5.91 Å². The van der Waals surface area contributed by atoms with Crippen molar-refractivity contribution in [3.8, 4) is 17.2 Å². The van der Waals surface area contributed by atoms with Crippen molar-refractivity contribution in [1.82, 2.24) is 4.98 Å². The minimum atomic E-state index is -0.779. The molecule has 0 saturated heterocycles. The standard InChI is InChI=1S/C22H16Cl2N2O3/c1-13(28-19-9-5-8-16(23)20(19)24)21(27)25-15-10-11-18-17(12-15)26-22(29-18)14-6-3-2-4-7-14/h2-13H,1H3,(H,25,27)/t13-/m1/s1. The number of hydrogen-bond donors (Lipinski definition) is 1. The van der Waals surface area contributed by atoms with E-state index in [0.29, 0.717) is 33.4 Å². The van der Waals surface area contributed by atoms with Gasteiger partial charge < -0.3 is 14.5 Å². The number of aromatic nitrogens is 1. The molecule has 0 aliphatic heterocycles. The first kappa shape index (κ1) is 19.3. The third-order valence-corrected chi connectivity index (χ3v) is 5.07. The summed E-state index contributed by atoms with van der Waals surface area (Å²) in [6.45, 7) is 1.63. The number of nitrogens with zero attached hydrogens (tertiary/aromatic N) is 1. The molecule has 0 bridgehead atoms. The second-order valence-electron chi connectivity index (χ2n) is 6.37. The van der Waals surface area contributed by atoms with Crippen LogP contribution in [0.3, 0.4) is 0 Å². The second-order valence-corrected chi connectivity index (χ2v) is 7.15.